The van der Waals surface area contributed by atoms with E-state index in [2.05, 4.69) is 45.5 Å². The number of hydrogen-bond acceptors (Lipinski definition) is 6. The van der Waals surface area contributed by atoms with Crippen molar-refractivity contribution < 1.29 is 14.3 Å². The maximum atomic E-state index is 12.0. The van der Waals surface area contributed by atoms with Crippen molar-refractivity contribution in [2.45, 2.75) is 31.0 Å². The predicted molar refractivity (Wildman–Crippen MR) is 130 cm³/mol. The van der Waals surface area contributed by atoms with Gasteiger partial charge in [-0.05, 0) is 70.7 Å². The van der Waals surface area contributed by atoms with Gasteiger partial charge in [0.05, 0.1) is 21.4 Å². The highest BCUT2D eigenvalue weighted by Gasteiger charge is 2.18. The van der Waals surface area contributed by atoms with Crippen molar-refractivity contribution in [1.29, 1.82) is 0 Å². The zero-order chi connectivity index (χ0) is 21.3. The molecule has 1 amide bonds. The van der Waals surface area contributed by atoms with Gasteiger partial charge in [0, 0.05) is 11.5 Å². The zero-order valence-electron chi connectivity index (χ0n) is 17.0. The lowest BCUT2D eigenvalue weighted by Gasteiger charge is -2.14. The van der Waals surface area contributed by atoms with E-state index in [1.165, 1.54) is 17.1 Å². The second-order valence-electron chi connectivity index (χ2n) is 6.75. The lowest BCUT2D eigenvalue weighted by atomic mass is 10.2. The molecule has 160 valence electrons. The topological polar surface area (TPSA) is 59.9 Å². The standard InChI is InChI=1S/C22H25BrN2O3S2/c1-3-15(2)28-20-9-4-16(12-19(20)23)13-24-25-21(26)14-27-18-7-5-17(6-8-18)22-29-10-11-30-22/h4-9,12-13,15,22H,3,10-11,14H2,1-2H3,(H,25,26)/b24-13-/t15-/m0/s1. The monoisotopic (exact) mass is 508 g/mol. The van der Waals surface area contributed by atoms with Crippen molar-refractivity contribution in [3.05, 3.63) is 58.1 Å². The van der Waals surface area contributed by atoms with E-state index in [1.807, 2.05) is 60.8 Å². The molecule has 1 aliphatic heterocycles. The smallest absolute Gasteiger partial charge is 0.277 e. The van der Waals surface area contributed by atoms with Crippen LogP contribution in [-0.4, -0.2) is 36.3 Å². The summed E-state index contributed by atoms with van der Waals surface area (Å²) in [5, 5.41) is 4.00. The Morgan fingerprint density at radius 2 is 2.00 bits per heavy atom. The van der Waals surface area contributed by atoms with E-state index in [0.717, 1.165) is 22.2 Å². The third-order valence-corrected chi connectivity index (χ3v) is 8.13. The van der Waals surface area contributed by atoms with Gasteiger partial charge in [-0.3, -0.25) is 4.79 Å². The van der Waals surface area contributed by atoms with E-state index in [-0.39, 0.29) is 18.6 Å². The number of benzene rings is 2. The van der Waals surface area contributed by atoms with E-state index in [9.17, 15) is 4.79 Å². The number of carbonyl (C=O) groups is 1. The molecule has 0 spiro atoms. The molecule has 0 aliphatic carbocycles. The highest BCUT2D eigenvalue weighted by molar-refractivity contribution is 9.10. The zero-order valence-corrected chi connectivity index (χ0v) is 20.2. The first-order valence-corrected chi connectivity index (χ1v) is 12.7. The number of amides is 1. The lowest BCUT2D eigenvalue weighted by molar-refractivity contribution is -0.123. The quantitative estimate of drug-likeness (QED) is 0.351. The number of nitrogens with one attached hydrogen (secondary N) is 1. The predicted octanol–water partition coefficient (Wildman–Crippen LogP) is 5.63. The molecule has 3 rings (SSSR count). The molecule has 0 radical (unpaired) electrons. The Hall–Kier alpha value is -1.64. The molecule has 8 heteroatoms. The molecule has 2 aromatic rings. The minimum Gasteiger partial charge on any atom is -0.490 e. The van der Waals surface area contributed by atoms with Crippen LogP contribution in [0.15, 0.2) is 52.0 Å². The summed E-state index contributed by atoms with van der Waals surface area (Å²) in [6.45, 7) is 4.02. The summed E-state index contributed by atoms with van der Waals surface area (Å²) in [6.07, 6.45) is 2.67. The molecule has 0 bridgehead atoms. The summed E-state index contributed by atoms with van der Waals surface area (Å²) in [4.78, 5) is 12.0. The first kappa shape index (κ1) is 23.0. The second-order valence-corrected chi connectivity index (χ2v) is 10.3. The fourth-order valence-electron chi connectivity index (χ4n) is 2.63. The highest BCUT2D eigenvalue weighted by atomic mass is 79.9. The van der Waals surface area contributed by atoms with Crippen LogP contribution in [-0.2, 0) is 4.79 Å². The average Bonchev–Trinajstić information content (AvgIpc) is 3.29. The van der Waals surface area contributed by atoms with Crippen LogP contribution in [0.1, 0.15) is 36.0 Å². The number of ether oxygens (including phenoxy) is 2. The molecule has 5 nitrogen and oxygen atoms in total. The van der Waals surface area contributed by atoms with Crippen LogP contribution in [0.2, 0.25) is 0 Å². The first-order valence-electron chi connectivity index (χ1n) is 9.79. The van der Waals surface area contributed by atoms with Crippen LogP contribution >= 0.6 is 39.5 Å². The third-order valence-electron chi connectivity index (χ3n) is 4.41. The summed E-state index contributed by atoms with van der Waals surface area (Å²) in [7, 11) is 0. The van der Waals surface area contributed by atoms with Crippen LogP contribution in [0.25, 0.3) is 0 Å². The maximum absolute atomic E-state index is 12.0. The van der Waals surface area contributed by atoms with Gasteiger partial charge in [0.1, 0.15) is 11.5 Å². The molecule has 0 aromatic heterocycles. The van der Waals surface area contributed by atoms with Gasteiger partial charge in [0.2, 0.25) is 0 Å². The Morgan fingerprint density at radius 1 is 1.27 bits per heavy atom. The van der Waals surface area contributed by atoms with E-state index < -0.39 is 0 Å². The van der Waals surface area contributed by atoms with Gasteiger partial charge in [-0.2, -0.15) is 5.10 Å². The van der Waals surface area contributed by atoms with E-state index in [0.29, 0.717) is 10.3 Å². The van der Waals surface area contributed by atoms with Crippen molar-refractivity contribution in [2.24, 2.45) is 5.10 Å². The van der Waals surface area contributed by atoms with Crippen LogP contribution in [0.3, 0.4) is 0 Å². The lowest BCUT2D eigenvalue weighted by Crippen LogP contribution is -2.24. The van der Waals surface area contributed by atoms with Crippen LogP contribution in [0.4, 0.5) is 0 Å². The van der Waals surface area contributed by atoms with Crippen LogP contribution in [0, 0.1) is 0 Å². The number of nitrogens with zero attached hydrogens (tertiary/aromatic N) is 1. The highest BCUT2D eigenvalue weighted by Crippen LogP contribution is 2.45. The van der Waals surface area contributed by atoms with E-state index in [4.69, 9.17) is 9.47 Å². The Kier molecular flexibility index (Phi) is 8.96. The van der Waals surface area contributed by atoms with Crippen LogP contribution in [0.5, 0.6) is 11.5 Å². The molecule has 1 saturated heterocycles. The molecule has 0 saturated carbocycles. The summed E-state index contributed by atoms with van der Waals surface area (Å²) in [5.41, 5.74) is 4.62. The molecule has 1 heterocycles. The number of carbonyl (C=O) groups excluding carboxylic acids is 1. The van der Waals surface area contributed by atoms with Crippen molar-refractivity contribution in [3.63, 3.8) is 0 Å². The number of halogens is 1. The largest absolute Gasteiger partial charge is 0.490 e. The average molecular weight is 509 g/mol. The maximum Gasteiger partial charge on any atom is 0.277 e. The van der Waals surface area contributed by atoms with Gasteiger partial charge in [-0.15, -0.1) is 23.5 Å². The minimum absolute atomic E-state index is 0.0883. The SMILES string of the molecule is CC[C@H](C)Oc1ccc(/C=N\NC(=O)COc2ccc(C3SCCS3)cc2)cc1Br. The summed E-state index contributed by atoms with van der Waals surface area (Å²) < 4.78 is 12.7. The van der Waals surface area contributed by atoms with Gasteiger partial charge < -0.3 is 9.47 Å². The Bertz CT molecular complexity index is 871. The molecule has 1 aliphatic rings. The number of thioether (sulfide) groups is 2. The molecule has 30 heavy (non-hydrogen) atoms. The fourth-order valence-corrected chi connectivity index (χ4v) is 5.97. The molecule has 2 aromatic carbocycles. The van der Waals surface area contributed by atoms with Crippen molar-refractivity contribution in [2.75, 3.05) is 18.1 Å². The van der Waals surface area contributed by atoms with E-state index in [1.54, 1.807) is 6.21 Å². The summed E-state index contributed by atoms with van der Waals surface area (Å²) >= 11 is 7.43. The van der Waals surface area contributed by atoms with Gasteiger partial charge >= 0.3 is 0 Å². The first-order chi connectivity index (χ1) is 14.5. The normalized spacial score (nSPS) is 15.3. The molecule has 0 unspecified atom stereocenters. The number of hydrogen-bond donors (Lipinski definition) is 1. The van der Waals surface area contributed by atoms with Crippen LogP contribution < -0.4 is 14.9 Å². The fraction of sp³-hybridized carbons (Fsp3) is 0.364. The molecular formula is C22H25BrN2O3S2. The van der Waals surface area contributed by atoms with Gasteiger partial charge in [0.25, 0.3) is 5.91 Å². The number of rotatable bonds is 9. The Morgan fingerprint density at radius 3 is 2.67 bits per heavy atom. The van der Waals surface area contributed by atoms with Crippen molar-refractivity contribution in [1.82, 2.24) is 5.43 Å². The molecular weight excluding hydrogens is 484 g/mol. The van der Waals surface area contributed by atoms with E-state index >= 15 is 0 Å². The molecule has 1 atom stereocenters. The van der Waals surface area contributed by atoms with Crippen molar-refractivity contribution >= 4 is 51.6 Å². The summed E-state index contributed by atoms with van der Waals surface area (Å²) in [6, 6.07) is 13.6. The summed E-state index contributed by atoms with van der Waals surface area (Å²) in [5.74, 6) is 3.54. The third kappa shape index (κ3) is 6.96. The molecule has 1 fully saturated rings. The second kappa shape index (κ2) is 11.7. The molecule has 1 N–H and O–H groups in total. The Balaban J connectivity index is 1.44. The number of hydrazone groups is 1. The van der Waals surface area contributed by atoms with Gasteiger partial charge in [-0.1, -0.05) is 19.1 Å². The van der Waals surface area contributed by atoms with Gasteiger partial charge in [-0.25, -0.2) is 5.43 Å². The van der Waals surface area contributed by atoms with Crippen molar-refractivity contribution in [3.8, 4) is 11.5 Å². The minimum atomic E-state index is -0.312. The Labute approximate surface area is 194 Å². The van der Waals surface area contributed by atoms with Gasteiger partial charge in [0.15, 0.2) is 6.61 Å².